The van der Waals surface area contributed by atoms with Gasteiger partial charge in [-0.2, -0.15) is 0 Å². The Labute approximate surface area is 240 Å². The van der Waals surface area contributed by atoms with Crippen LogP contribution in [0.3, 0.4) is 0 Å². The molecule has 0 spiro atoms. The van der Waals surface area contributed by atoms with Gasteiger partial charge in [-0.05, 0) is 91.8 Å². The van der Waals surface area contributed by atoms with Gasteiger partial charge in [-0.1, -0.05) is 38.0 Å². The summed E-state index contributed by atoms with van der Waals surface area (Å²) in [5, 5.41) is 9.35. The highest BCUT2D eigenvalue weighted by Crippen LogP contribution is 2.45. The van der Waals surface area contributed by atoms with E-state index in [2.05, 4.69) is 34.8 Å². The number of nitrogens with one attached hydrogen (secondary N) is 3. The molecule has 0 fully saturated rings. The second-order valence-corrected chi connectivity index (χ2v) is 12.0. The van der Waals surface area contributed by atoms with E-state index < -0.39 is 0 Å². The molecule has 2 unspecified atom stereocenters. The summed E-state index contributed by atoms with van der Waals surface area (Å²) in [6.45, 7) is 6.91. The Balaban J connectivity index is 1.24. The van der Waals surface area contributed by atoms with Gasteiger partial charge in [-0.15, -0.1) is 11.8 Å². The monoisotopic (exact) mass is 555 g/mol. The van der Waals surface area contributed by atoms with Crippen molar-refractivity contribution in [2.75, 3.05) is 17.2 Å². The zero-order valence-corrected chi connectivity index (χ0v) is 24.2. The number of carbonyl (C=O) groups excluding carboxylic acids is 2. The first-order chi connectivity index (χ1) is 19.4. The van der Waals surface area contributed by atoms with Crippen LogP contribution in [0.15, 0.2) is 65.2 Å². The number of anilines is 3. The Morgan fingerprint density at radius 1 is 1.07 bits per heavy atom. The standard InChI is InChI=1S/C32H37N5O2S/c1-4-20(2)19-34-30(38)22-12-14-24(15-13-22)35-32-33-17-16-27(37-32)25-9-7-10-26(21(25)3)36-31(39)29-18-23-8-5-6-11-28(23)40-29/h7,9-10,12-17,20,29H,4-6,8,11,18-19H2,1-3H3,(H,34,38)(H,36,39)(H,33,35,37). The fraction of sp³-hybridized carbons (Fsp3) is 0.375. The lowest BCUT2D eigenvalue weighted by atomic mass is 9.96. The molecular weight excluding hydrogens is 518 g/mol. The third kappa shape index (κ3) is 6.55. The molecule has 2 amide bonds. The first kappa shape index (κ1) is 27.9. The highest BCUT2D eigenvalue weighted by Gasteiger charge is 2.31. The Hall–Kier alpha value is -3.65. The van der Waals surface area contributed by atoms with Gasteiger partial charge < -0.3 is 16.0 Å². The molecule has 2 aliphatic rings. The van der Waals surface area contributed by atoms with Gasteiger partial charge in [0.25, 0.3) is 5.91 Å². The van der Waals surface area contributed by atoms with E-state index in [0.29, 0.717) is 24.0 Å². The van der Waals surface area contributed by atoms with Crippen molar-refractivity contribution in [1.82, 2.24) is 15.3 Å². The molecule has 0 saturated heterocycles. The van der Waals surface area contributed by atoms with Gasteiger partial charge in [0, 0.05) is 35.2 Å². The summed E-state index contributed by atoms with van der Waals surface area (Å²) in [5.74, 6) is 0.903. The van der Waals surface area contributed by atoms with Crippen molar-refractivity contribution in [3.63, 3.8) is 0 Å². The quantitative estimate of drug-likeness (QED) is 0.257. The number of benzene rings is 2. The van der Waals surface area contributed by atoms with Crippen LogP contribution in [-0.2, 0) is 4.79 Å². The molecule has 1 aliphatic carbocycles. The molecule has 3 N–H and O–H groups in total. The van der Waals surface area contributed by atoms with Crippen molar-refractivity contribution >= 4 is 40.9 Å². The first-order valence-corrected chi connectivity index (χ1v) is 15.1. The van der Waals surface area contributed by atoms with Crippen molar-refractivity contribution in [3.05, 3.63) is 76.3 Å². The Morgan fingerprint density at radius 2 is 1.88 bits per heavy atom. The van der Waals surface area contributed by atoms with Gasteiger partial charge >= 0.3 is 0 Å². The lowest BCUT2D eigenvalue weighted by molar-refractivity contribution is -0.115. The van der Waals surface area contributed by atoms with Gasteiger partial charge in [0.15, 0.2) is 0 Å². The number of nitrogens with zero attached hydrogens (tertiary/aromatic N) is 2. The van der Waals surface area contributed by atoms with E-state index >= 15 is 0 Å². The number of hydrogen-bond acceptors (Lipinski definition) is 6. The van der Waals surface area contributed by atoms with E-state index in [1.807, 2.05) is 43.3 Å². The summed E-state index contributed by atoms with van der Waals surface area (Å²) in [6.07, 6.45) is 8.36. The van der Waals surface area contributed by atoms with Crippen LogP contribution in [0.2, 0.25) is 0 Å². The lowest BCUT2D eigenvalue weighted by Crippen LogP contribution is -2.27. The summed E-state index contributed by atoms with van der Waals surface area (Å²) < 4.78 is 0. The van der Waals surface area contributed by atoms with Crippen molar-refractivity contribution in [2.45, 2.75) is 64.5 Å². The first-order valence-electron chi connectivity index (χ1n) is 14.2. The molecule has 1 aliphatic heterocycles. The third-order valence-electron chi connectivity index (χ3n) is 7.77. The number of allylic oxidation sites excluding steroid dienone is 2. The maximum absolute atomic E-state index is 13.1. The molecule has 208 valence electrons. The summed E-state index contributed by atoms with van der Waals surface area (Å²) in [7, 11) is 0. The van der Waals surface area contributed by atoms with Crippen molar-refractivity contribution in [3.8, 4) is 11.3 Å². The lowest BCUT2D eigenvalue weighted by Gasteiger charge is -2.15. The van der Waals surface area contributed by atoms with E-state index in [1.165, 1.54) is 23.3 Å². The topological polar surface area (TPSA) is 96.0 Å². The van der Waals surface area contributed by atoms with Crippen LogP contribution < -0.4 is 16.0 Å². The fourth-order valence-corrected chi connectivity index (χ4v) is 6.47. The van der Waals surface area contributed by atoms with Gasteiger partial charge in [0.2, 0.25) is 11.9 Å². The predicted octanol–water partition coefficient (Wildman–Crippen LogP) is 7.24. The van der Waals surface area contributed by atoms with Gasteiger partial charge in [0.1, 0.15) is 0 Å². The maximum Gasteiger partial charge on any atom is 0.251 e. The molecule has 5 rings (SSSR count). The van der Waals surface area contributed by atoms with E-state index in [0.717, 1.165) is 53.9 Å². The van der Waals surface area contributed by atoms with E-state index in [4.69, 9.17) is 4.98 Å². The molecule has 3 aromatic rings. The summed E-state index contributed by atoms with van der Waals surface area (Å²) in [4.78, 5) is 36.1. The van der Waals surface area contributed by atoms with E-state index in [1.54, 1.807) is 30.1 Å². The van der Waals surface area contributed by atoms with Crippen molar-refractivity contribution in [2.24, 2.45) is 5.92 Å². The van der Waals surface area contributed by atoms with Crippen LogP contribution in [0.5, 0.6) is 0 Å². The minimum atomic E-state index is -0.0741. The average Bonchev–Trinajstić information content (AvgIpc) is 3.42. The number of rotatable bonds is 9. The third-order valence-corrected chi connectivity index (χ3v) is 9.21. The molecule has 0 bridgehead atoms. The number of thioether (sulfide) groups is 1. The average molecular weight is 556 g/mol. The minimum Gasteiger partial charge on any atom is -0.352 e. The van der Waals surface area contributed by atoms with Crippen LogP contribution in [0.1, 0.15) is 68.3 Å². The predicted molar refractivity (Wildman–Crippen MR) is 164 cm³/mol. The zero-order chi connectivity index (χ0) is 28.1. The molecule has 0 saturated carbocycles. The molecule has 2 aromatic carbocycles. The Bertz CT molecular complexity index is 1400. The smallest absolute Gasteiger partial charge is 0.251 e. The van der Waals surface area contributed by atoms with E-state index in [-0.39, 0.29) is 17.1 Å². The van der Waals surface area contributed by atoms with Crippen molar-refractivity contribution in [1.29, 1.82) is 0 Å². The zero-order valence-electron chi connectivity index (χ0n) is 23.4. The molecule has 0 radical (unpaired) electrons. The normalized spacial score (nSPS) is 17.2. The molecule has 40 heavy (non-hydrogen) atoms. The van der Waals surface area contributed by atoms with Crippen LogP contribution >= 0.6 is 11.8 Å². The maximum atomic E-state index is 13.1. The number of aromatic nitrogens is 2. The fourth-order valence-electron chi connectivity index (χ4n) is 5.06. The Kier molecular flexibility index (Phi) is 8.85. The van der Waals surface area contributed by atoms with Crippen molar-refractivity contribution < 1.29 is 9.59 Å². The summed E-state index contributed by atoms with van der Waals surface area (Å²) >= 11 is 1.75. The largest absolute Gasteiger partial charge is 0.352 e. The number of amides is 2. The highest BCUT2D eigenvalue weighted by molar-refractivity contribution is 8.04. The Morgan fingerprint density at radius 3 is 2.65 bits per heavy atom. The molecule has 7 nitrogen and oxygen atoms in total. The number of hydrogen-bond donors (Lipinski definition) is 3. The van der Waals surface area contributed by atoms with Crippen LogP contribution in [0.25, 0.3) is 11.3 Å². The van der Waals surface area contributed by atoms with Gasteiger partial charge in [0.05, 0.1) is 10.9 Å². The molecule has 1 aromatic heterocycles. The molecule has 2 atom stereocenters. The number of carbonyl (C=O) groups is 2. The van der Waals surface area contributed by atoms with Crippen LogP contribution in [0.4, 0.5) is 17.3 Å². The second-order valence-electron chi connectivity index (χ2n) is 10.7. The van der Waals surface area contributed by atoms with Crippen LogP contribution in [-0.4, -0.2) is 33.6 Å². The summed E-state index contributed by atoms with van der Waals surface area (Å²) in [6, 6.07) is 15.1. The molecule has 2 heterocycles. The molecule has 8 heteroatoms. The van der Waals surface area contributed by atoms with Gasteiger partial charge in [-0.3, -0.25) is 9.59 Å². The second kappa shape index (κ2) is 12.7. The minimum absolute atomic E-state index is 0.0432. The SMILES string of the molecule is CCC(C)CNC(=O)c1ccc(Nc2nccc(-c3cccc(NC(=O)C4CC5=C(CCCC5)S4)c3C)n2)cc1. The molecular formula is C32H37N5O2S. The summed E-state index contributed by atoms with van der Waals surface area (Å²) in [5.41, 5.74) is 6.37. The highest BCUT2D eigenvalue weighted by atomic mass is 32.2. The van der Waals surface area contributed by atoms with Gasteiger partial charge in [-0.25, -0.2) is 9.97 Å². The van der Waals surface area contributed by atoms with Crippen LogP contribution in [0, 0.1) is 12.8 Å². The van der Waals surface area contributed by atoms with E-state index in [9.17, 15) is 9.59 Å².